The number of carbonyl (C=O) groups is 2. The molecule has 0 aromatic carbocycles. The van der Waals surface area contributed by atoms with E-state index in [1.165, 1.54) is 7.11 Å². The third-order valence-corrected chi connectivity index (χ3v) is 4.85. The molecular weight excluding hydrogens is 320 g/mol. The minimum Gasteiger partial charge on any atom is -0.453 e. The molecule has 1 heterocycles. The van der Waals surface area contributed by atoms with Crippen molar-refractivity contribution in [1.29, 1.82) is 0 Å². The minimum atomic E-state index is -0.618. The molecule has 2 amide bonds. The highest BCUT2D eigenvalue weighted by atomic mass is 16.5. The number of methoxy groups -OCH3 is 1. The molecule has 1 fully saturated rings. The second-order valence-electron chi connectivity index (χ2n) is 7.58. The normalized spacial score (nSPS) is 17.1. The number of H-pyrrole nitrogens is 1. The number of ether oxygens (including phenoxy) is 1. The maximum Gasteiger partial charge on any atom is 0.407 e. The number of aromatic amines is 1. The van der Waals surface area contributed by atoms with E-state index in [4.69, 9.17) is 0 Å². The number of aromatic nitrogens is 2. The Bertz CT molecular complexity index is 605. The van der Waals surface area contributed by atoms with Crippen LogP contribution in [0.15, 0.2) is 6.20 Å². The van der Waals surface area contributed by atoms with Gasteiger partial charge in [0.2, 0.25) is 5.91 Å². The van der Waals surface area contributed by atoms with Gasteiger partial charge in [-0.15, -0.1) is 0 Å². The summed E-state index contributed by atoms with van der Waals surface area (Å²) in [5.74, 6) is 1.06. The van der Waals surface area contributed by atoms with Crippen molar-refractivity contribution in [1.82, 2.24) is 20.6 Å². The summed E-state index contributed by atoms with van der Waals surface area (Å²) in [7, 11) is 1.29. The quantitative estimate of drug-likeness (QED) is 0.704. The molecule has 0 bridgehead atoms. The van der Waals surface area contributed by atoms with Crippen molar-refractivity contribution in [2.45, 2.75) is 70.9 Å². The number of nitrogens with zero attached hydrogens (tertiary/aromatic N) is 1. The molecule has 7 nitrogen and oxygen atoms in total. The fraction of sp³-hybridized carbons (Fsp3) is 0.722. The van der Waals surface area contributed by atoms with E-state index in [0.717, 1.165) is 30.8 Å². The van der Waals surface area contributed by atoms with Gasteiger partial charge in [-0.2, -0.15) is 0 Å². The van der Waals surface area contributed by atoms with Crippen LogP contribution >= 0.6 is 0 Å². The molecule has 0 saturated heterocycles. The molecular formula is C18H30N4O3. The van der Waals surface area contributed by atoms with Gasteiger partial charge in [0.25, 0.3) is 0 Å². The van der Waals surface area contributed by atoms with Crippen LogP contribution in [0, 0.1) is 5.92 Å². The minimum absolute atomic E-state index is 0.0348. The fourth-order valence-corrected chi connectivity index (χ4v) is 3.09. The summed E-state index contributed by atoms with van der Waals surface area (Å²) < 4.78 is 4.63. The molecule has 2 rings (SSSR count). The maximum atomic E-state index is 12.7. The first-order chi connectivity index (χ1) is 11.8. The number of alkyl carbamates (subject to hydrolysis) is 1. The molecule has 0 spiro atoms. The van der Waals surface area contributed by atoms with Crippen LogP contribution in [0.2, 0.25) is 0 Å². The average molecular weight is 350 g/mol. The highest BCUT2D eigenvalue weighted by molar-refractivity contribution is 5.86. The van der Waals surface area contributed by atoms with E-state index >= 15 is 0 Å². The second-order valence-corrected chi connectivity index (χ2v) is 7.58. The number of amides is 2. The summed E-state index contributed by atoms with van der Waals surface area (Å²) in [6, 6.07) is -0.618. The van der Waals surface area contributed by atoms with Crippen LogP contribution in [0.5, 0.6) is 0 Å². The van der Waals surface area contributed by atoms with Crippen molar-refractivity contribution in [3.63, 3.8) is 0 Å². The number of hydrogen-bond donors (Lipinski definition) is 3. The molecule has 0 unspecified atom stereocenters. The van der Waals surface area contributed by atoms with Crippen LogP contribution in [-0.2, 0) is 16.0 Å². The van der Waals surface area contributed by atoms with Crippen molar-refractivity contribution in [3.05, 3.63) is 17.7 Å². The molecule has 3 N–H and O–H groups in total. The molecule has 140 valence electrons. The topological polar surface area (TPSA) is 96.1 Å². The standard InChI is InChI=1S/C18H30N4O3/c1-11(2)13-10-19-14(20-13)9-18(7-6-8-18)22-16(23)15(12(3)4)21-17(24)25-5/h10-12,15H,6-9H2,1-5H3,(H,19,20)(H,21,24)(H,22,23)/t15-/m0/s1. The fourth-order valence-electron chi connectivity index (χ4n) is 3.09. The Morgan fingerprint density at radius 3 is 2.44 bits per heavy atom. The van der Waals surface area contributed by atoms with Crippen LogP contribution in [0.1, 0.15) is 64.4 Å². The summed E-state index contributed by atoms with van der Waals surface area (Å²) in [5.41, 5.74) is 0.747. The molecule has 7 heteroatoms. The summed E-state index contributed by atoms with van der Waals surface area (Å²) in [6.07, 6.45) is 4.93. The first kappa shape index (κ1) is 19.3. The smallest absolute Gasteiger partial charge is 0.407 e. The molecule has 1 saturated carbocycles. The lowest BCUT2D eigenvalue weighted by atomic mass is 9.74. The summed E-state index contributed by atoms with van der Waals surface area (Å²) >= 11 is 0. The van der Waals surface area contributed by atoms with Crippen molar-refractivity contribution in [3.8, 4) is 0 Å². The van der Waals surface area contributed by atoms with Gasteiger partial charge >= 0.3 is 6.09 Å². The Morgan fingerprint density at radius 1 is 1.32 bits per heavy atom. The highest BCUT2D eigenvalue weighted by Crippen LogP contribution is 2.35. The van der Waals surface area contributed by atoms with Crippen LogP contribution in [0.25, 0.3) is 0 Å². The van der Waals surface area contributed by atoms with Crippen LogP contribution in [-0.4, -0.2) is 40.7 Å². The molecule has 1 aliphatic rings. The second kappa shape index (κ2) is 7.89. The Balaban J connectivity index is 2.05. The van der Waals surface area contributed by atoms with Gasteiger partial charge in [0.15, 0.2) is 0 Å². The number of imidazole rings is 1. The van der Waals surface area contributed by atoms with E-state index in [9.17, 15) is 9.59 Å². The Kier molecular flexibility index (Phi) is 6.08. The summed E-state index contributed by atoms with van der Waals surface area (Å²) in [6.45, 7) is 8.00. The van der Waals surface area contributed by atoms with Crippen LogP contribution in [0.4, 0.5) is 4.79 Å². The summed E-state index contributed by atoms with van der Waals surface area (Å²) in [5, 5.41) is 5.78. The number of rotatable bonds is 7. The molecule has 1 aromatic rings. The molecule has 0 aliphatic heterocycles. The predicted octanol–water partition coefficient (Wildman–Crippen LogP) is 2.50. The van der Waals surface area contributed by atoms with E-state index in [1.807, 2.05) is 20.0 Å². The Morgan fingerprint density at radius 2 is 2.00 bits per heavy atom. The van der Waals surface area contributed by atoms with Gasteiger partial charge in [-0.1, -0.05) is 27.7 Å². The third kappa shape index (κ3) is 4.74. The number of nitrogens with one attached hydrogen (secondary N) is 3. The molecule has 1 atom stereocenters. The van der Waals surface area contributed by atoms with Crippen molar-refractivity contribution in [2.75, 3.05) is 7.11 Å². The lowest BCUT2D eigenvalue weighted by Gasteiger charge is -2.43. The first-order valence-electron chi connectivity index (χ1n) is 8.97. The predicted molar refractivity (Wildman–Crippen MR) is 95.3 cm³/mol. The Labute approximate surface area is 149 Å². The van der Waals surface area contributed by atoms with E-state index in [-0.39, 0.29) is 17.4 Å². The third-order valence-electron chi connectivity index (χ3n) is 4.85. The zero-order valence-electron chi connectivity index (χ0n) is 15.8. The number of hydrogen-bond acceptors (Lipinski definition) is 4. The lowest BCUT2D eigenvalue weighted by molar-refractivity contribution is -0.127. The van der Waals surface area contributed by atoms with Crippen LogP contribution < -0.4 is 10.6 Å². The van der Waals surface area contributed by atoms with Gasteiger partial charge in [0, 0.05) is 18.2 Å². The molecule has 0 radical (unpaired) electrons. The molecule has 1 aromatic heterocycles. The van der Waals surface area contributed by atoms with Crippen LogP contribution in [0.3, 0.4) is 0 Å². The van der Waals surface area contributed by atoms with Gasteiger partial charge in [-0.05, 0) is 31.1 Å². The van der Waals surface area contributed by atoms with Gasteiger partial charge in [-0.3, -0.25) is 4.79 Å². The highest BCUT2D eigenvalue weighted by Gasteiger charge is 2.41. The van der Waals surface area contributed by atoms with E-state index < -0.39 is 12.1 Å². The largest absolute Gasteiger partial charge is 0.453 e. The van der Waals surface area contributed by atoms with Gasteiger partial charge in [-0.25, -0.2) is 9.78 Å². The molecule has 25 heavy (non-hydrogen) atoms. The van der Waals surface area contributed by atoms with E-state index in [2.05, 4.69) is 39.2 Å². The van der Waals surface area contributed by atoms with E-state index in [1.54, 1.807) is 0 Å². The van der Waals surface area contributed by atoms with Gasteiger partial charge in [0.1, 0.15) is 11.9 Å². The van der Waals surface area contributed by atoms with Crippen molar-refractivity contribution in [2.24, 2.45) is 5.92 Å². The molecule has 1 aliphatic carbocycles. The SMILES string of the molecule is COC(=O)N[C@H](C(=O)NC1(Cc2nc(C(C)C)c[nH]2)CCC1)C(C)C. The summed E-state index contributed by atoms with van der Waals surface area (Å²) in [4.78, 5) is 32.1. The first-order valence-corrected chi connectivity index (χ1v) is 8.97. The van der Waals surface area contributed by atoms with Gasteiger partial charge < -0.3 is 20.4 Å². The zero-order chi connectivity index (χ0) is 18.6. The van der Waals surface area contributed by atoms with Gasteiger partial charge in [0.05, 0.1) is 12.8 Å². The average Bonchev–Trinajstić information content (AvgIpc) is 2.98. The van der Waals surface area contributed by atoms with Crippen molar-refractivity contribution >= 4 is 12.0 Å². The Hall–Kier alpha value is -2.05. The number of carbonyl (C=O) groups excluding carboxylic acids is 2. The maximum absolute atomic E-state index is 12.7. The van der Waals surface area contributed by atoms with E-state index in [0.29, 0.717) is 12.3 Å². The van der Waals surface area contributed by atoms with Crippen molar-refractivity contribution < 1.29 is 14.3 Å². The monoisotopic (exact) mass is 350 g/mol. The lowest BCUT2D eigenvalue weighted by Crippen LogP contribution is -2.60. The zero-order valence-corrected chi connectivity index (χ0v) is 15.8.